The standard InChI is InChI=1S/C18H20BrNO/c1-12-3-6-15(19)11-18(12)20-16-9-14(10-16)13-4-7-17(21-2)8-5-13/h3-8,11,14,16,20H,9-10H2,1-2H3. The molecule has 3 rings (SSSR count). The quantitative estimate of drug-likeness (QED) is 0.829. The Morgan fingerprint density at radius 2 is 1.81 bits per heavy atom. The Morgan fingerprint density at radius 3 is 2.48 bits per heavy atom. The average molecular weight is 346 g/mol. The van der Waals surface area contributed by atoms with E-state index in [9.17, 15) is 0 Å². The van der Waals surface area contributed by atoms with Gasteiger partial charge >= 0.3 is 0 Å². The van der Waals surface area contributed by atoms with Crippen molar-refractivity contribution in [3.05, 3.63) is 58.1 Å². The topological polar surface area (TPSA) is 21.3 Å². The van der Waals surface area contributed by atoms with E-state index in [4.69, 9.17) is 4.74 Å². The van der Waals surface area contributed by atoms with Crippen molar-refractivity contribution in [2.24, 2.45) is 0 Å². The third kappa shape index (κ3) is 3.24. The maximum Gasteiger partial charge on any atom is 0.118 e. The molecule has 0 atom stereocenters. The molecule has 2 nitrogen and oxygen atoms in total. The summed E-state index contributed by atoms with van der Waals surface area (Å²) in [5.41, 5.74) is 3.95. The Labute approximate surface area is 134 Å². The van der Waals surface area contributed by atoms with Crippen LogP contribution in [0.4, 0.5) is 5.69 Å². The number of hydrogen-bond donors (Lipinski definition) is 1. The van der Waals surface area contributed by atoms with Gasteiger partial charge in [0.1, 0.15) is 5.75 Å². The van der Waals surface area contributed by atoms with Gasteiger partial charge in [-0.25, -0.2) is 0 Å². The second-order valence-corrected chi connectivity index (χ2v) is 6.66. The fourth-order valence-electron chi connectivity index (χ4n) is 2.85. The van der Waals surface area contributed by atoms with Gasteiger partial charge in [-0.1, -0.05) is 34.1 Å². The normalized spacial score (nSPS) is 20.7. The first-order valence-corrected chi connectivity index (χ1v) is 8.11. The highest BCUT2D eigenvalue weighted by Gasteiger charge is 2.30. The molecular formula is C18H20BrNO. The van der Waals surface area contributed by atoms with E-state index in [-0.39, 0.29) is 0 Å². The molecule has 1 saturated carbocycles. The van der Waals surface area contributed by atoms with Crippen LogP contribution in [0.3, 0.4) is 0 Å². The van der Waals surface area contributed by atoms with E-state index >= 15 is 0 Å². The molecule has 0 radical (unpaired) electrons. The van der Waals surface area contributed by atoms with E-state index < -0.39 is 0 Å². The van der Waals surface area contributed by atoms with Crippen molar-refractivity contribution >= 4 is 21.6 Å². The predicted octanol–water partition coefficient (Wildman–Crippen LogP) is 5.12. The van der Waals surface area contributed by atoms with Crippen LogP contribution in [0.2, 0.25) is 0 Å². The van der Waals surface area contributed by atoms with Gasteiger partial charge in [0.25, 0.3) is 0 Å². The van der Waals surface area contributed by atoms with Crippen LogP contribution in [0.5, 0.6) is 5.75 Å². The van der Waals surface area contributed by atoms with Crippen LogP contribution in [0.1, 0.15) is 29.9 Å². The Balaban J connectivity index is 1.59. The lowest BCUT2D eigenvalue weighted by Crippen LogP contribution is -2.34. The van der Waals surface area contributed by atoms with Crippen LogP contribution in [-0.4, -0.2) is 13.2 Å². The van der Waals surface area contributed by atoms with Gasteiger partial charge in [0, 0.05) is 16.2 Å². The third-order valence-electron chi connectivity index (χ3n) is 4.28. The third-order valence-corrected chi connectivity index (χ3v) is 4.78. The van der Waals surface area contributed by atoms with Gasteiger partial charge in [0.15, 0.2) is 0 Å². The number of methoxy groups -OCH3 is 1. The molecule has 21 heavy (non-hydrogen) atoms. The first-order chi connectivity index (χ1) is 10.2. The van der Waals surface area contributed by atoms with Crippen molar-refractivity contribution < 1.29 is 4.74 Å². The van der Waals surface area contributed by atoms with Crippen molar-refractivity contribution in [2.45, 2.75) is 31.7 Å². The maximum atomic E-state index is 5.21. The summed E-state index contributed by atoms with van der Waals surface area (Å²) in [7, 11) is 1.71. The Kier molecular flexibility index (Phi) is 4.20. The zero-order valence-corrected chi connectivity index (χ0v) is 14.0. The summed E-state index contributed by atoms with van der Waals surface area (Å²) in [4.78, 5) is 0. The molecule has 110 valence electrons. The highest BCUT2D eigenvalue weighted by Crippen LogP contribution is 2.39. The van der Waals surface area contributed by atoms with Gasteiger partial charge in [-0.2, -0.15) is 0 Å². The number of ether oxygens (including phenoxy) is 1. The van der Waals surface area contributed by atoms with Gasteiger partial charge < -0.3 is 10.1 Å². The number of hydrogen-bond acceptors (Lipinski definition) is 2. The molecule has 3 heteroatoms. The second kappa shape index (κ2) is 6.10. The van der Waals surface area contributed by atoms with E-state index in [1.54, 1.807) is 7.11 Å². The molecule has 1 N–H and O–H groups in total. The second-order valence-electron chi connectivity index (χ2n) is 5.74. The maximum absolute atomic E-state index is 5.21. The van der Waals surface area contributed by atoms with Crippen LogP contribution >= 0.6 is 15.9 Å². The molecule has 0 bridgehead atoms. The number of aryl methyl sites for hydroxylation is 1. The van der Waals surface area contributed by atoms with Gasteiger partial charge in [-0.3, -0.25) is 0 Å². The molecule has 0 aromatic heterocycles. The van der Waals surface area contributed by atoms with Crippen molar-refractivity contribution in [3.8, 4) is 5.75 Å². The van der Waals surface area contributed by atoms with Gasteiger partial charge in [0.05, 0.1) is 7.11 Å². The van der Waals surface area contributed by atoms with Crippen LogP contribution in [0, 0.1) is 6.92 Å². The smallest absolute Gasteiger partial charge is 0.118 e. The zero-order chi connectivity index (χ0) is 14.8. The Hall–Kier alpha value is -1.48. The summed E-state index contributed by atoms with van der Waals surface area (Å²) in [5.74, 6) is 1.60. The van der Waals surface area contributed by atoms with Crippen LogP contribution < -0.4 is 10.1 Å². The number of rotatable bonds is 4. The fourth-order valence-corrected chi connectivity index (χ4v) is 3.21. The molecule has 0 aliphatic heterocycles. The number of benzene rings is 2. The Morgan fingerprint density at radius 1 is 1.10 bits per heavy atom. The summed E-state index contributed by atoms with van der Waals surface area (Å²) >= 11 is 3.54. The highest BCUT2D eigenvalue weighted by atomic mass is 79.9. The molecule has 1 aliphatic carbocycles. The van der Waals surface area contributed by atoms with E-state index in [1.165, 1.54) is 29.7 Å². The van der Waals surface area contributed by atoms with Crippen molar-refractivity contribution in [3.63, 3.8) is 0 Å². The lowest BCUT2D eigenvalue weighted by molar-refractivity contribution is 0.373. The highest BCUT2D eigenvalue weighted by molar-refractivity contribution is 9.10. The molecule has 0 spiro atoms. The monoisotopic (exact) mass is 345 g/mol. The first kappa shape index (κ1) is 14.5. The van der Waals surface area contributed by atoms with E-state index in [0.717, 1.165) is 10.2 Å². The molecule has 1 aliphatic rings. The summed E-state index contributed by atoms with van der Waals surface area (Å²) < 4.78 is 6.33. The fraction of sp³-hybridized carbons (Fsp3) is 0.333. The molecule has 0 saturated heterocycles. The van der Waals surface area contributed by atoms with Crippen molar-refractivity contribution in [1.82, 2.24) is 0 Å². The van der Waals surface area contributed by atoms with E-state index in [2.05, 4.69) is 70.6 Å². The summed E-state index contributed by atoms with van der Waals surface area (Å²) in [6, 6.07) is 15.4. The number of nitrogens with one attached hydrogen (secondary N) is 1. The summed E-state index contributed by atoms with van der Waals surface area (Å²) in [6.07, 6.45) is 2.39. The van der Waals surface area contributed by atoms with Crippen molar-refractivity contribution in [1.29, 1.82) is 0 Å². The number of halogens is 1. The zero-order valence-electron chi connectivity index (χ0n) is 12.4. The van der Waals surface area contributed by atoms with E-state index in [1.807, 2.05) is 0 Å². The molecule has 1 fully saturated rings. The minimum Gasteiger partial charge on any atom is -0.497 e. The summed E-state index contributed by atoms with van der Waals surface area (Å²) in [5, 5.41) is 3.66. The predicted molar refractivity (Wildman–Crippen MR) is 91.3 cm³/mol. The van der Waals surface area contributed by atoms with Crippen LogP contribution in [0.25, 0.3) is 0 Å². The lowest BCUT2D eigenvalue weighted by atomic mass is 9.75. The van der Waals surface area contributed by atoms with Crippen molar-refractivity contribution in [2.75, 3.05) is 12.4 Å². The molecule has 2 aromatic carbocycles. The minimum atomic E-state index is 0.574. The van der Waals surface area contributed by atoms with Gasteiger partial charge in [-0.15, -0.1) is 0 Å². The molecule has 0 heterocycles. The van der Waals surface area contributed by atoms with Crippen LogP contribution in [-0.2, 0) is 0 Å². The van der Waals surface area contributed by atoms with Gasteiger partial charge in [-0.05, 0) is 61.1 Å². The SMILES string of the molecule is COc1ccc(C2CC(Nc3cc(Br)ccc3C)C2)cc1. The van der Waals surface area contributed by atoms with Crippen LogP contribution in [0.15, 0.2) is 46.9 Å². The molecule has 2 aromatic rings. The first-order valence-electron chi connectivity index (χ1n) is 7.32. The van der Waals surface area contributed by atoms with Gasteiger partial charge in [0.2, 0.25) is 0 Å². The minimum absolute atomic E-state index is 0.574. The lowest BCUT2D eigenvalue weighted by Gasteiger charge is -2.37. The Bertz CT molecular complexity index is 618. The molecule has 0 unspecified atom stereocenters. The number of anilines is 1. The average Bonchev–Trinajstić information content (AvgIpc) is 2.46. The summed E-state index contributed by atoms with van der Waals surface area (Å²) in [6.45, 7) is 2.15. The molecular weight excluding hydrogens is 326 g/mol. The largest absolute Gasteiger partial charge is 0.497 e. The van der Waals surface area contributed by atoms with E-state index in [0.29, 0.717) is 12.0 Å². The molecule has 0 amide bonds.